The average molecular weight is 306 g/mol. The van der Waals surface area contributed by atoms with Crippen LogP contribution in [0.15, 0.2) is 18.2 Å². The van der Waals surface area contributed by atoms with E-state index in [0.717, 1.165) is 12.8 Å². The number of benzene rings is 1. The predicted molar refractivity (Wildman–Crippen MR) is 82.3 cm³/mol. The molecular weight excluding hydrogens is 284 g/mol. The highest BCUT2D eigenvalue weighted by molar-refractivity contribution is 5.98. The molecule has 6 heteroatoms. The first-order valence-electron chi connectivity index (χ1n) is 7.37. The van der Waals surface area contributed by atoms with Crippen LogP contribution in [0.1, 0.15) is 29.6 Å². The lowest BCUT2D eigenvalue weighted by atomic mass is 10.00. The molecule has 0 aromatic heterocycles. The third-order valence-electron chi connectivity index (χ3n) is 3.94. The first-order valence-corrected chi connectivity index (χ1v) is 7.37. The average Bonchev–Trinajstić information content (AvgIpc) is 2.59. The van der Waals surface area contributed by atoms with E-state index < -0.39 is 6.04 Å². The molecule has 0 radical (unpaired) electrons. The number of nitrogens with zero attached hydrogens (tertiary/aromatic N) is 1. The number of carbonyl (C=O) groups is 2. The van der Waals surface area contributed by atoms with Crippen LogP contribution in [-0.4, -0.2) is 50.6 Å². The van der Waals surface area contributed by atoms with E-state index in [0.29, 0.717) is 30.0 Å². The molecule has 1 aliphatic heterocycles. The number of piperidine rings is 1. The summed E-state index contributed by atoms with van der Waals surface area (Å²) >= 11 is 0. The maximum Gasteiger partial charge on any atom is 0.254 e. The summed E-state index contributed by atoms with van der Waals surface area (Å²) in [6, 6.07) is 4.64. The van der Waals surface area contributed by atoms with Crippen LogP contribution in [0.3, 0.4) is 0 Å². The van der Waals surface area contributed by atoms with Crippen molar-refractivity contribution in [1.82, 2.24) is 10.2 Å². The molecule has 1 heterocycles. The predicted octanol–water partition coefficient (Wildman–Crippen LogP) is 1.44. The van der Waals surface area contributed by atoms with Crippen molar-refractivity contribution in [1.29, 1.82) is 0 Å². The Labute approximate surface area is 130 Å². The van der Waals surface area contributed by atoms with Crippen molar-refractivity contribution in [3.05, 3.63) is 23.8 Å². The smallest absolute Gasteiger partial charge is 0.254 e. The monoisotopic (exact) mass is 306 g/mol. The zero-order chi connectivity index (χ0) is 16.1. The van der Waals surface area contributed by atoms with Gasteiger partial charge >= 0.3 is 0 Å². The molecule has 22 heavy (non-hydrogen) atoms. The maximum absolute atomic E-state index is 12.7. The van der Waals surface area contributed by atoms with Crippen LogP contribution < -0.4 is 14.8 Å². The number of likely N-dealkylation sites (N-methyl/N-ethyl adjacent to an activating group) is 1. The molecule has 2 rings (SSSR count). The summed E-state index contributed by atoms with van der Waals surface area (Å²) in [6.07, 6.45) is 2.55. The van der Waals surface area contributed by atoms with E-state index in [2.05, 4.69) is 5.32 Å². The molecule has 0 bridgehead atoms. The minimum Gasteiger partial charge on any atom is -0.493 e. The topological polar surface area (TPSA) is 67.9 Å². The zero-order valence-electron chi connectivity index (χ0n) is 13.2. The Morgan fingerprint density at radius 3 is 2.55 bits per heavy atom. The summed E-state index contributed by atoms with van der Waals surface area (Å²) in [7, 11) is 4.67. The summed E-state index contributed by atoms with van der Waals surface area (Å²) in [5, 5.41) is 2.63. The van der Waals surface area contributed by atoms with Crippen LogP contribution >= 0.6 is 0 Å². The molecule has 1 N–H and O–H groups in total. The number of carbonyl (C=O) groups excluding carboxylic acids is 2. The van der Waals surface area contributed by atoms with Gasteiger partial charge < -0.3 is 19.7 Å². The lowest BCUT2D eigenvalue weighted by Crippen LogP contribution is -2.51. The number of rotatable bonds is 4. The summed E-state index contributed by atoms with van der Waals surface area (Å²) in [4.78, 5) is 26.4. The normalized spacial score (nSPS) is 17.8. The molecule has 0 aliphatic carbocycles. The number of amides is 2. The Morgan fingerprint density at radius 1 is 1.18 bits per heavy atom. The van der Waals surface area contributed by atoms with Gasteiger partial charge in [-0.2, -0.15) is 0 Å². The molecule has 0 spiro atoms. The van der Waals surface area contributed by atoms with E-state index in [4.69, 9.17) is 9.47 Å². The second-order valence-corrected chi connectivity index (χ2v) is 5.19. The minimum atomic E-state index is -0.403. The Balaban J connectivity index is 2.27. The summed E-state index contributed by atoms with van der Waals surface area (Å²) in [6.45, 7) is 0.589. The van der Waals surface area contributed by atoms with Crippen molar-refractivity contribution in [2.45, 2.75) is 25.3 Å². The van der Waals surface area contributed by atoms with Gasteiger partial charge in [-0.25, -0.2) is 0 Å². The number of likely N-dealkylation sites (tertiary alicyclic amines) is 1. The molecule has 1 saturated heterocycles. The highest BCUT2D eigenvalue weighted by Crippen LogP contribution is 2.29. The van der Waals surface area contributed by atoms with Gasteiger partial charge in [0.1, 0.15) is 6.04 Å². The Hall–Kier alpha value is -2.24. The molecular formula is C16H22N2O4. The van der Waals surface area contributed by atoms with Crippen LogP contribution in [0, 0.1) is 0 Å². The Morgan fingerprint density at radius 2 is 1.91 bits per heavy atom. The Bertz CT molecular complexity index is 559. The quantitative estimate of drug-likeness (QED) is 0.914. The van der Waals surface area contributed by atoms with E-state index in [1.54, 1.807) is 37.3 Å². The zero-order valence-corrected chi connectivity index (χ0v) is 13.2. The van der Waals surface area contributed by atoms with Gasteiger partial charge in [-0.15, -0.1) is 0 Å². The van der Waals surface area contributed by atoms with Gasteiger partial charge in [-0.3, -0.25) is 9.59 Å². The van der Waals surface area contributed by atoms with Crippen LogP contribution in [0.25, 0.3) is 0 Å². The van der Waals surface area contributed by atoms with Crippen molar-refractivity contribution in [3.63, 3.8) is 0 Å². The molecule has 120 valence electrons. The second kappa shape index (κ2) is 7.15. The number of hydrogen-bond donors (Lipinski definition) is 1. The van der Waals surface area contributed by atoms with Gasteiger partial charge in [-0.05, 0) is 37.5 Å². The summed E-state index contributed by atoms with van der Waals surface area (Å²) < 4.78 is 10.4. The van der Waals surface area contributed by atoms with Crippen molar-refractivity contribution >= 4 is 11.8 Å². The molecule has 6 nitrogen and oxygen atoms in total. The number of hydrogen-bond acceptors (Lipinski definition) is 4. The van der Waals surface area contributed by atoms with Gasteiger partial charge in [-0.1, -0.05) is 0 Å². The fourth-order valence-corrected chi connectivity index (χ4v) is 2.75. The standard InChI is InChI=1S/C16H22N2O4/c1-17-15(19)12-6-4-5-9-18(12)16(20)11-7-8-13(21-2)14(10-11)22-3/h7-8,10,12H,4-6,9H2,1-3H3,(H,17,19). The van der Waals surface area contributed by atoms with Crippen molar-refractivity contribution in [2.24, 2.45) is 0 Å². The van der Waals surface area contributed by atoms with Crippen LogP contribution in [0.5, 0.6) is 11.5 Å². The molecule has 1 aliphatic rings. The number of nitrogens with one attached hydrogen (secondary N) is 1. The number of methoxy groups -OCH3 is 2. The highest BCUT2D eigenvalue weighted by Gasteiger charge is 2.32. The molecule has 2 amide bonds. The van der Waals surface area contributed by atoms with Gasteiger partial charge in [0.25, 0.3) is 5.91 Å². The molecule has 0 saturated carbocycles. The highest BCUT2D eigenvalue weighted by atomic mass is 16.5. The van der Waals surface area contributed by atoms with Gasteiger partial charge in [0.05, 0.1) is 14.2 Å². The van der Waals surface area contributed by atoms with Gasteiger partial charge in [0.2, 0.25) is 5.91 Å². The second-order valence-electron chi connectivity index (χ2n) is 5.19. The molecule has 1 aromatic carbocycles. The van der Waals surface area contributed by atoms with Crippen LogP contribution in [-0.2, 0) is 4.79 Å². The lowest BCUT2D eigenvalue weighted by Gasteiger charge is -2.34. The summed E-state index contributed by atoms with van der Waals surface area (Å²) in [5.41, 5.74) is 0.494. The molecule has 1 unspecified atom stereocenters. The third kappa shape index (κ3) is 3.16. The van der Waals surface area contributed by atoms with Crippen molar-refractivity contribution in [3.8, 4) is 11.5 Å². The van der Waals surface area contributed by atoms with E-state index >= 15 is 0 Å². The third-order valence-corrected chi connectivity index (χ3v) is 3.94. The Kier molecular flexibility index (Phi) is 5.25. The van der Waals surface area contributed by atoms with E-state index in [-0.39, 0.29) is 11.8 Å². The first kappa shape index (κ1) is 16.1. The van der Waals surface area contributed by atoms with Gasteiger partial charge in [0, 0.05) is 19.2 Å². The number of ether oxygens (including phenoxy) is 2. The minimum absolute atomic E-state index is 0.117. The van der Waals surface area contributed by atoms with E-state index in [1.807, 2.05) is 0 Å². The molecule has 1 fully saturated rings. The first-order chi connectivity index (χ1) is 10.6. The van der Waals surface area contributed by atoms with Crippen LogP contribution in [0.2, 0.25) is 0 Å². The largest absolute Gasteiger partial charge is 0.493 e. The van der Waals surface area contributed by atoms with E-state index in [9.17, 15) is 9.59 Å². The lowest BCUT2D eigenvalue weighted by molar-refractivity contribution is -0.126. The fourth-order valence-electron chi connectivity index (χ4n) is 2.75. The van der Waals surface area contributed by atoms with Gasteiger partial charge in [0.15, 0.2) is 11.5 Å². The van der Waals surface area contributed by atoms with Crippen molar-refractivity contribution in [2.75, 3.05) is 27.8 Å². The van der Waals surface area contributed by atoms with E-state index in [1.165, 1.54) is 7.11 Å². The van der Waals surface area contributed by atoms with Crippen molar-refractivity contribution < 1.29 is 19.1 Å². The maximum atomic E-state index is 12.7. The SMILES string of the molecule is CNC(=O)C1CCCCN1C(=O)c1ccc(OC)c(OC)c1. The summed E-state index contributed by atoms with van der Waals surface area (Å²) in [5.74, 6) is 0.796. The molecule has 1 atom stereocenters. The van der Waals surface area contributed by atoms with Crippen LogP contribution in [0.4, 0.5) is 0 Å². The molecule has 1 aromatic rings. The fraction of sp³-hybridized carbons (Fsp3) is 0.500.